The molecule has 180 valence electrons. The first-order chi connectivity index (χ1) is 15.6. The molecule has 0 spiro atoms. The highest BCUT2D eigenvalue weighted by Crippen LogP contribution is 2.24. The Labute approximate surface area is 196 Å². The van der Waals surface area contributed by atoms with Crippen molar-refractivity contribution >= 4 is 37.3 Å². The highest BCUT2D eigenvalue weighted by Gasteiger charge is 2.31. The molecule has 1 aliphatic heterocycles. The largest absolute Gasteiger partial charge is 0.324 e. The molecule has 10 heteroatoms. The molecule has 2 aromatic carbocycles. The van der Waals surface area contributed by atoms with Crippen LogP contribution in [0.1, 0.15) is 39.0 Å². The third-order valence-corrected chi connectivity index (χ3v) is 8.76. The molecule has 1 aliphatic rings. The maximum Gasteiger partial charge on any atom is 0.248 e. The Kier molecular flexibility index (Phi) is 8.14. The zero-order chi connectivity index (χ0) is 24.1. The van der Waals surface area contributed by atoms with E-state index in [2.05, 4.69) is 5.32 Å². The van der Waals surface area contributed by atoms with Gasteiger partial charge in [-0.25, -0.2) is 16.8 Å². The van der Waals surface area contributed by atoms with Crippen LogP contribution in [0.15, 0.2) is 59.5 Å². The lowest BCUT2D eigenvalue weighted by atomic mass is 10.2. The minimum atomic E-state index is -3.72. The first kappa shape index (κ1) is 25.2. The second kappa shape index (κ2) is 10.7. The lowest BCUT2D eigenvalue weighted by Gasteiger charge is -2.30. The number of carbonyl (C=O) groups is 1. The molecule has 8 nitrogen and oxygen atoms in total. The molecule has 2 aromatic rings. The molecule has 3 rings (SSSR count). The zero-order valence-corrected chi connectivity index (χ0v) is 20.6. The molecule has 0 aliphatic carbocycles. The summed E-state index contributed by atoms with van der Waals surface area (Å²) in [6.45, 7) is 2.77. The molecule has 0 saturated carbocycles. The van der Waals surface area contributed by atoms with Gasteiger partial charge in [0.05, 0.1) is 16.8 Å². The zero-order valence-electron chi connectivity index (χ0n) is 19.0. The van der Waals surface area contributed by atoms with Crippen LogP contribution in [0, 0.1) is 0 Å². The summed E-state index contributed by atoms with van der Waals surface area (Å²) in [5.41, 5.74) is 0.802. The monoisotopic (exact) mass is 493 g/mol. The van der Waals surface area contributed by atoms with Crippen molar-refractivity contribution in [2.75, 3.05) is 29.0 Å². The number of benzene rings is 2. The van der Waals surface area contributed by atoms with E-state index in [1.54, 1.807) is 37.3 Å². The number of anilines is 2. The van der Waals surface area contributed by atoms with Gasteiger partial charge in [0.2, 0.25) is 26.0 Å². The smallest absolute Gasteiger partial charge is 0.248 e. The Morgan fingerprint density at radius 3 is 2.03 bits per heavy atom. The Balaban J connectivity index is 1.78. The number of hydrogen-bond acceptors (Lipinski definition) is 5. The van der Waals surface area contributed by atoms with E-state index in [0.717, 1.165) is 36.2 Å². The van der Waals surface area contributed by atoms with E-state index in [-0.39, 0.29) is 11.3 Å². The summed E-state index contributed by atoms with van der Waals surface area (Å²) in [5.74, 6) is -0.491. The van der Waals surface area contributed by atoms with Crippen LogP contribution in [0.3, 0.4) is 0 Å². The van der Waals surface area contributed by atoms with Crippen molar-refractivity contribution < 1.29 is 21.6 Å². The van der Waals surface area contributed by atoms with Crippen LogP contribution in [0.2, 0.25) is 0 Å². The predicted octanol–water partition coefficient (Wildman–Crippen LogP) is 3.43. The highest BCUT2D eigenvalue weighted by molar-refractivity contribution is 7.92. The number of sulfonamides is 2. The Bertz CT molecular complexity index is 1140. The minimum Gasteiger partial charge on any atom is -0.324 e. The predicted molar refractivity (Wildman–Crippen MR) is 130 cm³/mol. The van der Waals surface area contributed by atoms with E-state index in [1.165, 1.54) is 28.6 Å². The average molecular weight is 494 g/mol. The van der Waals surface area contributed by atoms with Gasteiger partial charge in [0, 0.05) is 18.8 Å². The molecular weight excluding hydrogens is 462 g/mol. The number of hydrogen-bond donors (Lipinski definition) is 1. The number of carbonyl (C=O) groups excluding carboxylic acids is 1. The Hall–Kier alpha value is -2.43. The maximum atomic E-state index is 13.0. The van der Waals surface area contributed by atoms with Crippen molar-refractivity contribution in [2.45, 2.75) is 50.0 Å². The molecule has 1 saturated heterocycles. The van der Waals surface area contributed by atoms with Crippen molar-refractivity contribution in [1.29, 1.82) is 0 Å². The van der Waals surface area contributed by atoms with Gasteiger partial charge in [-0.1, -0.05) is 38.0 Å². The second-order valence-electron chi connectivity index (χ2n) is 8.15. The van der Waals surface area contributed by atoms with Crippen LogP contribution in [0.25, 0.3) is 0 Å². The van der Waals surface area contributed by atoms with E-state index < -0.39 is 32.0 Å². The first-order valence-electron chi connectivity index (χ1n) is 11.1. The molecule has 1 amide bonds. The third-order valence-electron chi connectivity index (χ3n) is 5.67. The van der Waals surface area contributed by atoms with Gasteiger partial charge < -0.3 is 5.32 Å². The average Bonchev–Trinajstić information content (AvgIpc) is 3.07. The van der Waals surface area contributed by atoms with Gasteiger partial charge in [-0.3, -0.25) is 9.10 Å². The summed E-state index contributed by atoms with van der Waals surface area (Å²) in [6.07, 6.45) is 5.09. The van der Waals surface area contributed by atoms with E-state index in [1.807, 2.05) is 0 Å². The highest BCUT2D eigenvalue weighted by atomic mass is 32.2. The maximum absolute atomic E-state index is 13.0. The van der Waals surface area contributed by atoms with Gasteiger partial charge >= 0.3 is 0 Å². The van der Waals surface area contributed by atoms with Crippen LogP contribution in [0.4, 0.5) is 11.4 Å². The SMILES string of the molecule is CC[C@H](C(=O)Nc1ccc(S(=O)(=O)N2CCCCCC2)cc1)N(c1ccccc1)S(C)(=O)=O. The number of amides is 1. The van der Waals surface area contributed by atoms with Crippen molar-refractivity contribution in [2.24, 2.45) is 0 Å². The summed E-state index contributed by atoms with van der Waals surface area (Å²) in [7, 11) is -7.31. The van der Waals surface area contributed by atoms with Gasteiger partial charge in [0.25, 0.3) is 0 Å². The van der Waals surface area contributed by atoms with Crippen molar-refractivity contribution in [3.05, 3.63) is 54.6 Å². The van der Waals surface area contributed by atoms with E-state index in [4.69, 9.17) is 0 Å². The van der Waals surface area contributed by atoms with Gasteiger partial charge in [0.15, 0.2) is 0 Å². The standard InChI is InChI=1S/C23H31N3O5S2/c1-3-22(26(32(2,28)29)20-11-7-6-8-12-20)23(27)24-19-13-15-21(16-14-19)33(30,31)25-17-9-4-5-10-18-25/h6-8,11-16,22H,3-5,9-10,17-18H2,1-2H3,(H,24,27)/t22-/m1/s1. The Morgan fingerprint density at radius 2 is 1.52 bits per heavy atom. The molecular formula is C23H31N3O5S2. The van der Waals surface area contributed by atoms with Gasteiger partial charge in [-0.15, -0.1) is 0 Å². The topological polar surface area (TPSA) is 104 Å². The fourth-order valence-corrected chi connectivity index (χ4v) is 6.73. The van der Waals surface area contributed by atoms with Crippen molar-refractivity contribution in [3.8, 4) is 0 Å². The summed E-state index contributed by atoms with van der Waals surface area (Å²) < 4.78 is 53.5. The number of nitrogens with one attached hydrogen (secondary N) is 1. The Morgan fingerprint density at radius 1 is 0.939 bits per heavy atom. The molecule has 1 heterocycles. The molecule has 1 N–H and O–H groups in total. The fraction of sp³-hybridized carbons (Fsp3) is 0.435. The number of rotatable bonds is 8. The summed E-state index contributed by atoms with van der Waals surface area (Å²) in [6, 6.07) is 13.5. The van der Waals surface area contributed by atoms with Gasteiger partial charge in [-0.05, 0) is 55.7 Å². The van der Waals surface area contributed by atoms with Crippen LogP contribution < -0.4 is 9.62 Å². The quantitative estimate of drug-likeness (QED) is 0.607. The summed E-state index contributed by atoms with van der Waals surface area (Å²) >= 11 is 0. The normalized spacial score (nSPS) is 16.5. The lowest BCUT2D eigenvalue weighted by molar-refractivity contribution is -0.117. The van der Waals surface area contributed by atoms with E-state index in [9.17, 15) is 21.6 Å². The molecule has 33 heavy (non-hydrogen) atoms. The van der Waals surface area contributed by atoms with E-state index >= 15 is 0 Å². The number of para-hydroxylation sites is 1. The second-order valence-corrected chi connectivity index (χ2v) is 11.9. The fourth-order valence-electron chi connectivity index (χ4n) is 4.00. The molecule has 0 radical (unpaired) electrons. The lowest BCUT2D eigenvalue weighted by Crippen LogP contribution is -2.46. The van der Waals surface area contributed by atoms with Crippen molar-refractivity contribution in [3.63, 3.8) is 0 Å². The van der Waals surface area contributed by atoms with Gasteiger partial charge in [-0.2, -0.15) is 4.31 Å². The summed E-state index contributed by atoms with van der Waals surface area (Å²) in [4.78, 5) is 13.2. The third kappa shape index (κ3) is 6.13. The summed E-state index contributed by atoms with van der Waals surface area (Å²) in [5, 5.41) is 2.73. The van der Waals surface area contributed by atoms with E-state index in [0.29, 0.717) is 24.5 Å². The molecule has 1 fully saturated rings. The van der Waals surface area contributed by atoms with Crippen molar-refractivity contribution in [1.82, 2.24) is 4.31 Å². The molecule has 0 unspecified atom stereocenters. The van der Waals surface area contributed by atoms with Crippen LogP contribution >= 0.6 is 0 Å². The minimum absolute atomic E-state index is 0.177. The molecule has 1 atom stereocenters. The molecule has 0 aromatic heterocycles. The molecule has 0 bridgehead atoms. The first-order valence-corrected chi connectivity index (χ1v) is 14.4. The van der Waals surface area contributed by atoms with Gasteiger partial charge in [0.1, 0.15) is 6.04 Å². The van der Waals surface area contributed by atoms with Crippen LogP contribution in [-0.2, 0) is 24.8 Å². The van der Waals surface area contributed by atoms with Crippen LogP contribution in [0.5, 0.6) is 0 Å². The number of nitrogens with zero attached hydrogens (tertiary/aromatic N) is 2. The van der Waals surface area contributed by atoms with Crippen LogP contribution in [-0.4, -0.2) is 52.4 Å².